The number of hydrogen-bond acceptors (Lipinski definition) is 3. The van der Waals surface area contributed by atoms with E-state index in [9.17, 15) is 9.90 Å². The smallest absolute Gasteiger partial charge is 0.0594 e. The predicted octanol–water partition coefficient (Wildman–Crippen LogP) is 4.69. The molecule has 0 unspecified atom stereocenters. The number of unbranched alkanes of at least 4 members (excludes halogenated alkanes) is 4. The summed E-state index contributed by atoms with van der Waals surface area (Å²) in [5, 5.41) is 12.8. The first-order valence-electron chi connectivity index (χ1n) is 10.8. The van der Waals surface area contributed by atoms with Gasteiger partial charge in [-0.15, -0.1) is 0 Å². The number of hydrogen-bond donors (Lipinski definition) is 1. The molecule has 25 heavy (non-hydrogen) atoms. The van der Waals surface area contributed by atoms with E-state index in [-0.39, 0.29) is 6.04 Å². The van der Waals surface area contributed by atoms with Crippen LogP contribution in [0.1, 0.15) is 91.9 Å². The van der Waals surface area contributed by atoms with Gasteiger partial charge in [-0.05, 0) is 45.1 Å². The Balaban J connectivity index is 0.000000593. The van der Waals surface area contributed by atoms with Crippen LogP contribution in [0.2, 0.25) is 0 Å². The van der Waals surface area contributed by atoms with Gasteiger partial charge in [-0.25, -0.2) is 0 Å². The average Bonchev–Trinajstić information content (AvgIpc) is 3.16. The molecule has 0 aliphatic carbocycles. The number of carboxylic acid groups (broad SMARTS) is 1. The molecule has 0 bridgehead atoms. The fourth-order valence-electron chi connectivity index (χ4n) is 3.53. The molecule has 1 rings (SSSR count). The van der Waals surface area contributed by atoms with E-state index in [1.165, 1.54) is 51.4 Å². The Bertz CT molecular complexity index is 280. The van der Waals surface area contributed by atoms with Crippen LogP contribution in [0.4, 0.5) is 0 Å². The van der Waals surface area contributed by atoms with Crippen LogP contribution in [0.15, 0.2) is 0 Å². The van der Waals surface area contributed by atoms with Crippen LogP contribution in [0.5, 0.6) is 0 Å². The number of carboxylic acids is 1. The average molecular weight is 374 g/mol. The Labute approximate surface area is 158 Å². The SMILES string of the molecule is CCCC[P+](CCCC)(CCCC)CCCC.O=C([O-])[C@@H]1CCCN1. The van der Waals surface area contributed by atoms with Crippen molar-refractivity contribution in [2.45, 2.75) is 97.9 Å². The van der Waals surface area contributed by atoms with Crippen LogP contribution < -0.4 is 10.4 Å². The molecule has 1 fully saturated rings. The third-order valence-corrected chi connectivity index (χ3v) is 10.3. The molecule has 0 spiro atoms. The van der Waals surface area contributed by atoms with E-state index in [0.717, 1.165) is 19.4 Å². The number of rotatable bonds is 13. The molecule has 1 atom stereocenters. The Kier molecular flexibility index (Phi) is 16.0. The molecule has 3 nitrogen and oxygen atoms in total. The Hall–Kier alpha value is -0.140. The highest BCUT2D eigenvalue weighted by Crippen LogP contribution is 2.61. The maximum Gasteiger partial charge on any atom is 0.0594 e. The van der Waals surface area contributed by atoms with E-state index in [4.69, 9.17) is 0 Å². The molecule has 4 heteroatoms. The zero-order chi connectivity index (χ0) is 19.0. The minimum absolute atomic E-state index is 0.380. The third kappa shape index (κ3) is 12.0. The van der Waals surface area contributed by atoms with Crippen LogP contribution >= 0.6 is 7.26 Å². The highest BCUT2D eigenvalue weighted by atomic mass is 31.2. The van der Waals surface area contributed by atoms with E-state index >= 15 is 0 Å². The number of nitrogens with one attached hydrogen (secondary N) is 1. The predicted molar refractivity (Wildman–Crippen MR) is 112 cm³/mol. The first kappa shape index (κ1) is 24.9. The van der Waals surface area contributed by atoms with Gasteiger partial charge in [0.2, 0.25) is 0 Å². The highest BCUT2D eigenvalue weighted by molar-refractivity contribution is 7.75. The van der Waals surface area contributed by atoms with Crippen LogP contribution in [0, 0.1) is 0 Å². The van der Waals surface area contributed by atoms with Gasteiger partial charge in [0, 0.05) is 13.3 Å². The maximum atomic E-state index is 10.0. The highest BCUT2D eigenvalue weighted by Gasteiger charge is 2.34. The van der Waals surface area contributed by atoms with Gasteiger partial charge in [-0.2, -0.15) is 0 Å². The summed E-state index contributed by atoms with van der Waals surface area (Å²) in [6, 6.07) is -0.380. The van der Waals surface area contributed by atoms with Crippen molar-refractivity contribution in [3.8, 4) is 0 Å². The van der Waals surface area contributed by atoms with Crippen LogP contribution in [0.25, 0.3) is 0 Å². The maximum absolute atomic E-state index is 10.0. The van der Waals surface area contributed by atoms with Gasteiger partial charge in [-0.3, -0.25) is 0 Å². The van der Waals surface area contributed by atoms with Crippen molar-refractivity contribution in [2.24, 2.45) is 0 Å². The molecule has 1 N–H and O–H groups in total. The van der Waals surface area contributed by atoms with Gasteiger partial charge >= 0.3 is 0 Å². The summed E-state index contributed by atoms with van der Waals surface area (Å²) >= 11 is 0. The number of carbonyl (C=O) groups excluding carboxylic acids is 1. The molecule has 1 heterocycles. The van der Waals surface area contributed by atoms with Crippen LogP contribution in [-0.4, -0.2) is 43.2 Å². The molecule has 1 saturated heterocycles. The molecular formula is C21H44NO2P. The van der Waals surface area contributed by atoms with E-state index in [1.807, 2.05) is 0 Å². The second kappa shape index (κ2) is 16.1. The molecule has 1 aliphatic rings. The summed E-state index contributed by atoms with van der Waals surface area (Å²) in [7, 11) is -0.562. The second-order valence-electron chi connectivity index (χ2n) is 7.62. The Morgan fingerprint density at radius 1 is 0.880 bits per heavy atom. The summed E-state index contributed by atoms with van der Waals surface area (Å²) < 4.78 is 0. The quantitative estimate of drug-likeness (QED) is 0.476. The molecule has 0 radical (unpaired) electrons. The summed E-state index contributed by atoms with van der Waals surface area (Å²) in [6.07, 6.45) is 19.6. The van der Waals surface area contributed by atoms with Gasteiger partial charge in [0.25, 0.3) is 0 Å². The zero-order valence-electron chi connectivity index (χ0n) is 17.4. The van der Waals surface area contributed by atoms with Gasteiger partial charge in [0.05, 0.1) is 30.6 Å². The lowest BCUT2D eigenvalue weighted by Gasteiger charge is -2.28. The topological polar surface area (TPSA) is 52.2 Å². The van der Waals surface area contributed by atoms with Crippen molar-refractivity contribution < 1.29 is 9.90 Å². The van der Waals surface area contributed by atoms with Gasteiger partial charge in [0.1, 0.15) is 0 Å². The van der Waals surface area contributed by atoms with Crippen molar-refractivity contribution in [1.29, 1.82) is 0 Å². The lowest BCUT2D eigenvalue weighted by molar-refractivity contribution is -0.308. The fourth-order valence-corrected chi connectivity index (χ4v) is 8.82. The summed E-state index contributed by atoms with van der Waals surface area (Å²) in [5.41, 5.74) is 0. The van der Waals surface area contributed by atoms with Crippen molar-refractivity contribution in [2.75, 3.05) is 31.2 Å². The first-order chi connectivity index (χ1) is 12.0. The first-order valence-corrected chi connectivity index (χ1v) is 13.4. The molecule has 0 amide bonds. The fraction of sp³-hybridized carbons (Fsp3) is 0.952. The molecule has 0 saturated carbocycles. The van der Waals surface area contributed by atoms with E-state index in [0.29, 0.717) is 0 Å². The largest absolute Gasteiger partial charge is 0.548 e. The van der Waals surface area contributed by atoms with Gasteiger partial charge < -0.3 is 15.2 Å². The van der Waals surface area contributed by atoms with Crippen molar-refractivity contribution in [1.82, 2.24) is 5.32 Å². The van der Waals surface area contributed by atoms with Crippen molar-refractivity contribution in [3.05, 3.63) is 0 Å². The summed E-state index contributed by atoms with van der Waals surface area (Å²) in [5.74, 6) is -0.970. The molecule has 1 aliphatic heterocycles. The molecule has 0 aromatic rings. The van der Waals surface area contributed by atoms with Crippen molar-refractivity contribution in [3.63, 3.8) is 0 Å². The molecule has 0 aromatic heterocycles. The lowest BCUT2D eigenvalue weighted by atomic mass is 10.2. The third-order valence-electron chi connectivity index (χ3n) is 5.29. The van der Waals surface area contributed by atoms with Gasteiger partial charge in [-0.1, -0.05) is 53.4 Å². The molecule has 150 valence electrons. The summed E-state index contributed by atoms with van der Waals surface area (Å²) in [6.45, 7) is 10.2. The number of aliphatic carboxylic acids is 1. The Morgan fingerprint density at radius 3 is 1.48 bits per heavy atom. The number of carbonyl (C=O) groups is 1. The normalized spacial score (nSPS) is 17.2. The van der Waals surface area contributed by atoms with Crippen molar-refractivity contribution >= 4 is 13.2 Å². The minimum Gasteiger partial charge on any atom is -0.548 e. The second-order valence-corrected chi connectivity index (χ2v) is 12.1. The summed E-state index contributed by atoms with van der Waals surface area (Å²) in [4.78, 5) is 10.0. The molecular weight excluding hydrogens is 329 g/mol. The van der Waals surface area contributed by atoms with Crippen LogP contribution in [0.3, 0.4) is 0 Å². The van der Waals surface area contributed by atoms with E-state index in [1.54, 1.807) is 24.6 Å². The lowest BCUT2D eigenvalue weighted by Crippen LogP contribution is -2.41. The minimum atomic E-state index is -0.970. The standard InChI is InChI=1S/C16H36P.C5H9NO2/c1-5-9-13-17(14-10-6-2,15-11-7-3)16-12-8-4;7-5(8)4-2-1-3-6-4/h5-16H2,1-4H3;4,6H,1-3H2,(H,7,8)/q+1;/p-1/t;4-/m.0/s1. The van der Waals surface area contributed by atoms with E-state index in [2.05, 4.69) is 33.0 Å². The molecule has 0 aromatic carbocycles. The van der Waals surface area contributed by atoms with E-state index < -0.39 is 13.2 Å². The monoisotopic (exact) mass is 373 g/mol. The Morgan fingerprint density at radius 2 is 1.28 bits per heavy atom. The zero-order valence-corrected chi connectivity index (χ0v) is 18.3. The van der Waals surface area contributed by atoms with Crippen LogP contribution in [-0.2, 0) is 4.79 Å². The van der Waals surface area contributed by atoms with Gasteiger partial charge in [0.15, 0.2) is 0 Å².